The molecule has 2 aliphatic heterocycles. The Kier molecular flexibility index (Phi) is 7.30. The van der Waals surface area contributed by atoms with E-state index in [0.717, 1.165) is 65.6 Å². The summed E-state index contributed by atoms with van der Waals surface area (Å²) in [4.78, 5) is 30.9. The third-order valence-electron chi connectivity index (χ3n) is 7.92. The van der Waals surface area contributed by atoms with Gasteiger partial charge in [0.25, 0.3) is 5.56 Å². The van der Waals surface area contributed by atoms with Gasteiger partial charge in [-0.15, -0.1) is 0 Å². The van der Waals surface area contributed by atoms with Crippen LogP contribution in [0.5, 0.6) is 0 Å². The lowest BCUT2D eigenvalue weighted by Gasteiger charge is -2.29. The molecule has 40 heavy (non-hydrogen) atoms. The Bertz CT molecular complexity index is 1640. The fourth-order valence-electron chi connectivity index (χ4n) is 5.92. The van der Waals surface area contributed by atoms with Gasteiger partial charge in [0.05, 0.1) is 23.9 Å². The van der Waals surface area contributed by atoms with Gasteiger partial charge in [0.1, 0.15) is 6.33 Å². The van der Waals surface area contributed by atoms with Crippen LogP contribution in [0.15, 0.2) is 64.8 Å². The summed E-state index contributed by atoms with van der Waals surface area (Å²) in [6.07, 6.45) is 6.51. The van der Waals surface area contributed by atoms with E-state index in [4.69, 9.17) is 4.74 Å². The predicted molar refractivity (Wildman–Crippen MR) is 154 cm³/mol. The molecule has 0 saturated carbocycles. The van der Waals surface area contributed by atoms with Crippen LogP contribution in [0, 0.1) is 0 Å². The molecule has 9 heteroatoms. The molecule has 0 aliphatic carbocycles. The second-order valence-electron chi connectivity index (χ2n) is 10.7. The first kappa shape index (κ1) is 26.1. The molecule has 1 N–H and O–H groups in total. The molecule has 2 atom stereocenters. The second-order valence-corrected chi connectivity index (χ2v) is 10.7. The number of ether oxygens (including phenoxy) is 1. The zero-order valence-electron chi connectivity index (χ0n) is 23.0. The lowest BCUT2D eigenvalue weighted by molar-refractivity contribution is -0.119. The number of carbonyl (C=O) groups excluding carboxylic acids is 1. The summed E-state index contributed by atoms with van der Waals surface area (Å²) in [5, 5.41) is 8.91. The van der Waals surface area contributed by atoms with E-state index < -0.39 is 0 Å². The van der Waals surface area contributed by atoms with Gasteiger partial charge in [0.15, 0.2) is 0 Å². The number of fused-ring (bicyclic) bond motifs is 1. The van der Waals surface area contributed by atoms with Gasteiger partial charge < -0.3 is 4.74 Å². The van der Waals surface area contributed by atoms with Crippen molar-refractivity contribution >= 4 is 17.4 Å². The maximum absolute atomic E-state index is 14.3. The summed E-state index contributed by atoms with van der Waals surface area (Å²) in [6, 6.07) is 16.3. The highest BCUT2D eigenvalue weighted by atomic mass is 16.5. The number of aromatic nitrogens is 4. The van der Waals surface area contributed by atoms with E-state index in [1.807, 2.05) is 27.3 Å². The number of carbonyl (C=O) groups is 1. The number of hydrogen-bond donors (Lipinski definition) is 1. The SMILES string of the molecule is CCCCc1c(Cc2ccc(-c3ccccc3)c(C3=NNC(=O)C3)c2)c(=O)n(C2CCOC(C)C2)c2ncnn12. The molecule has 0 radical (unpaired) electrons. The zero-order chi connectivity index (χ0) is 27.6. The smallest absolute Gasteiger partial charge is 0.259 e. The summed E-state index contributed by atoms with van der Waals surface area (Å²) in [5.74, 6) is 0.482. The van der Waals surface area contributed by atoms with E-state index in [1.165, 1.54) is 0 Å². The normalized spacial score (nSPS) is 19.1. The molecule has 9 nitrogen and oxygen atoms in total. The monoisotopic (exact) mass is 538 g/mol. The minimum atomic E-state index is -0.119. The van der Waals surface area contributed by atoms with Gasteiger partial charge in [0, 0.05) is 30.2 Å². The van der Waals surface area contributed by atoms with Crippen molar-refractivity contribution in [2.24, 2.45) is 5.10 Å². The Morgan fingerprint density at radius 3 is 2.70 bits per heavy atom. The molecule has 6 rings (SSSR count). The van der Waals surface area contributed by atoms with Crippen molar-refractivity contribution in [1.29, 1.82) is 0 Å². The molecular formula is C31H34N6O3. The van der Waals surface area contributed by atoms with Crippen LogP contribution in [0.3, 0.4) is 0 Å². The largest absolute Gasteiger partial charge is 0.378 e. The van der Waals surface area contributed by atoms with Crippen molar-refractivity contribution in [2.75, 3.05) is 6.61 Å². The van der Waals surface area contributed by atoms with E-state index >= 15 is 0 Å². The predicted octanol–water partition coefficient (Wildman–Crippen LogP) is 4.46. The quantitative estimate of drug-likeness (QED) is 0.357. The first-order chi connectivity index (χ1) is 19.5. The van der Waals surface area contributed by atoms with Crippen molar-refractivity contribution in [2.45, 2.75) is 70.9 Å². The van der Waals surface area contributed by atoms with E-state index in [9.17, 15) is 9.59 Å². The van der Waals surface area contributed by atoms with E-state index in [2.05, 4.69) is 64.8 Å². The van der Waals surface area contributed by atoms with Crippen LogP contribution in [-0.2, 0) is 22.4 Å². The van der Waals surface area contributed by atoms with E-state index in [0.29, 0.717) is 24.5 Å². The van der Waals surface area contributed by atoms with Gasteiger partial charge in [-0.2, -0.15) is 15.2 Å². The maximum Gasteiger partial charge on any atom is 0.259 e. The van der Waals surface area contributed by atoms with Crippen LogP contribution < -0.4 is 11.0 Å². The van der Waals surface area contributed by atoms with Crippen molar-refractivity contribution in [3.63, 3.8) is 0 Å². The van der Waals surface area contributed by atoms with Crippen LogP contribution in [0.2, 0.25) is 0 Å². The third kappa shape index (κ3) is 4.97. The van der Waals surface area contributed by atoms with Gasteiger partial charge in [0.2, 0.25) is 11.7 Å². The third-order valence-corrected chi connectivity index (χ3v) is 7.92. The molecule has 206 valence electrons. The van der Waals surface area contributed by atoms with Crippen LogP contribution in [0.4, 0.5) is 0 Å². The molecule has 2 unspecified atom stereocenters. The summed E-state index contributed by atoms with van der Waals surface area (Å²) in [5.41, 5.74) is 8.89. The Balaban J connectivity index is 1.48. The van der Waals surface area contributed by atoms with E-state index in [-0.39, 0.29) is 30.0 Å². The first-order valence-corrected chi connectivity index (χ1v) is 14.1. The highest BCUT2D eigenvalue weighted by Gasteiger charge is 2.28. The van der Waals surface area contributed by atoms with Crippen molar-refractivity contribution < 1.29 is 9.53 Å². The molecule has 4 aromatic rings. The van der Waals surface area contributed by atoms with Crippen LogP contribution in [-0.4, -0.2) is 43.5 Å². The highest BCUT2D eigenvalue weighted by Crippen LogP contribution is 2.29. The summed E-state index contributed by atoms with van der Waals surface area (Å²) in [7, 11) is 0. The number of hydrogen-bond acceptors (Lipinski definition) is 6. The van der Waals surface area contributed by atoms with E-state index in [1.54, 1.807) is 6.33 Å². The number of unbranched alkanes of at least 4 members (excludes halogenated alkanes) is 1. The van der Waals surface area contributed by atoms with Crippen molar-refractivity contribution in [3.05, 3.63) is 87.6 Å². The molecule has 2 aromatic carbocycles. The van der Waals surface area contributed by atoms with Crippen LogP contribution in [0.1, 0.15) is 74.4 Å². The topological polar surface area (TPSA) is 103 Å². The van der Waals surface area contributed by atoms with Crippen molar-refractivity contribution in [1.82, 2.24) is 24.6 Å². The number of aryl methyl sites for hydroxylation is 1. The highest BCUT2D eigenvalue weighted by molar-refractivity contribution is 6.16. The molecule has 1 saturated heterocycles. The molecule has 1 amide bonds. The number of hydrazone groups is 1. The molecule has 1 fully saturated rings. The number of nitrogens with one attached hydrogen (secondary N) is 1. The van der Waals surface area contributed by atoms with Gasteiger partial charge in [-0.25, -0.2) is 9.94 Å². The molecule has 4 heterocycles. The Labute approximate surface area is 232 Å². The molecule has 0 spiro atoms. The minimum absolute atomic E-state index is 0.00266. The lowest BCUT2D eigenvalue weighted by atomic mass is 9.91. The van der Waals surface area contributed by atoms with Gasteiger partial charge in [-0.1, -0.05) is 55.8 Å². The summed E-state index contributed by atoms with van der Waals surface area (Å²) >= 11 is 0. The van der Waals surface area contributed by atoms with Crippen molar-refractivity contribution in [3.8, 4) is 11.1 Å². The average molecular weight is 539 g/mol. The van der Waals surface area contributed by atoms with Gasteiger partial charge in [-0.3, -0.25) is 14.2 Å². The lowest BCUT2D eigenvalue weighted by Crippen LogP contribution is -2.36. The molecular weight excluding hydrogens is 504 g/mol. The minimum Gasteiger partial charge on any atom is -0.378 e. The summed E-state index contributed by atoms with van der Waals surface area (Å²) < 4.78 is 9.50. The van der Waals surface area contributed by atoms with Crippen LogP contribution >= 0.6 is 0 Å². The first-order valence-electron chi connectivity index (χ1n) is 14.1. The fraction of sp³-hybridized carbons (Fsp3) is 0.387. The van der Waals surface area contributed by atoms with Gasteiger partial charge in [-0.05, 0) is 55.4 Å². The number of nitrogens with zero attached hydrogens (tertiary/aromatic N) is 5. The molecule has 2 aliphatic rings. The maximum atomic E-state index is 14.3. The van der Waals surface area contributed by atoms with Gasteiger partial charge >= 0.3 is 0 Å². The number of rotatable bonds is 8. The summed E-state index contributed by atoms with van der Waals surface area (Å²) in [6.45, 7) is 4.82. The standard InChI is InChI=1S/C31H34N6O3/c1-3-4-10-28-26(30(39)36(31-32-19-33-37(28)31)23-13-14-40-20(2)15-23)17-21-11-12-24(22-8-6-5-7-9-22)25(16-21)27-18-29(38)35-34-27/h5-9,11-12,16,19-20,23H,3-4,10,13-15,17-18H2,1-2H3,(H,35,38). The Morgan fingerprint density at radius 1 is 1.10 bits per heavy atom. The van der Waals surface area contributed by atoms with Crippen LogP contribution in [0.25, 0.3) is 16.9 Å². The molecule has 0 bridgehead atoms. The fourth-order valence-corrected chi connectivity index (χ4v) is 5.92. The number of amides is 1. The Hall–Kier alpha value is -4.11. The second kappa shape index (κ2) is 11.2. The Morgan fingerprint density at radius 2 is 1.95 bits per heavy atom. The number of benzene rings is 2. The average Bonchev–Trinajstić information content (AvgIpc) is 3.63. The molecule has 2 aromatic heterocycles. The zero-order valence-corrected chi connectivity index (χ0v) is 23.0.